The SMILES string of the molecule is CCCCC(CCCC)NC(C)CO. The summed E-state index contributed by atoms with van der Waals surface area (Å²) in [5.41, 5.74) is 0. The van der Waals surface area contributed by atoms with Crippen LogP contribution in [0.3, 0.4) is 0 Å². The number of unbranched alkanes of at least 4 members (excludes halogenated alkanes) is 2. The lowest BCUT2D eigenvalue weighted by Gasteiger charge is -2.22. The summed E-state index contributed by atoms with van der Waals surface area (Å²) in [7, 11) is 0. The Morgan fingerprint density at radius 3 is 1.93 bits per heavy atom. The maximum Gasteiger partial charge on any atom is 0.0582 e. The van der Waals surface area contributed by atoms with Gasteiger partial charge in [-0.2, -0.15) is 0 Å². The van der Waals surface area contributed by atoms with Crippen molar-refractivity contribution in [1.82, 2.24) is 5.32 Å². The first kappa shape index (κ1) is 13.9. The Balaban J connectivity index is 3.71. The zero-order valence-corrected chi connectivity index (χ0v) is 10.1. The van der Waals surface area contributed by atoms with Gasteiger partial charge in [-0.25, -0.2) is 0 Å². The monoisotopic (exact) mass is 201 g/mol. The highest BCUT2D eigenvalue weighted by Gasteiger charge is 2.10. The quantitative estimate of drug-likeness (QED) is 0.601. The summed E-state index contributed by atoms with van der Waals surface area (Å²) < 4.78 is 0. The van der Waals surface area contributed by atoms with Gasteiger partial charge in [0.2, 0.25) is 0 Å². The van der Waals surface area contributed by atoms with Crippen LogP contribution >= 0.6 is 0 Å². The van der Waals surface area contributed by atoms with Gasteiger partial charge in [0.1, 0.15) is 0 Å². The average Bonchev–Trinajstić information content (AvgIpc) is 2.21. The molecule has 86 valence electrons. The highest BCUT2D eigenvalue weighted by atomic mass is 16.3. The van der Waals surface area contributed by atoms with Gasteiger partial charge in [0.05, 0.1) is 6.61 Å². The second-order valence-electron chi connectivity index (χ2n) is 4.23. The third-order valence-corrected chi connectivity index (χ3v) is 2.61. The van der Waals surface area contributed by atoms with Crippen molar-refractivity contribution >= 4 is 0 Å². The number of rotatable bonds is 9. The van der Waals surface area contributed by atoms with Gasteiger partial charge in [-0.15, -0.1) is 0 Å². The molecule has 14 heavy (non-hydrogen) atoms. The van der Waals surface area contributed by atoms with Crippen molar-refractivity contribution in [3.8, 4) is 0 Å². The van der Waals surface area contributed by atoms with Crippen LogP contribution in [0.1, 0.15) is 59.3 Å². The third-order valence-electron chi connectivity index (χ3n) is 2.61. The number of nitrogens with one attached hydrogen (secondary N) is 1. The van der Waals surface area contributed by atoms with Gasteiger partial charge in [-0.1, -0.05) is 39.5 Å². The van der Waals surface area contributed by atoms with Crippen LogP contribution in [0.5, 0.6) is 0 Å². The van der Waals surface area contributed by atoms with E-state index in [0.29, 0.717) is 6.04 Å². The Morgan fingerprint density at radius 1 is 1.07 bits per heavy atom. The first-order valence-electron chi connectivity index (χ1n) is 6.11. The van der Waals surface area contributed by atoms with Crippen LogP contribution in [0.4, 0.5) is 0 Å². The first-order chi connectivity index (χ1) is 6.74. The molecule has 0 aromatic heterocycles. The summed E-state index contributed by atoms with van der Waals surface area (Å²) in [5.74, 6) is 0. The summed E-state index contributed by atoms with van der Waals surface area (Å²) >= 11 is 0. The third kappa shape index (κ3) is 7.34. The molecule has 0 radical (unpaired) electrons. The predicted molar refractivity (Wildman–Crippen MR) is 62.5 cm³/mol. The van der Waals surface area contributed by atoms with Gasteiger partial charge < -0.3 is 10.4 Å². The molecule has 2 N–H and O–H groups in total. The van der Waals surface area contributed by atoms with E-state index in [1.54, 1.807) is 0 Å². The van der Waals surface area contributed by atoms with Crippen LogP contribution in [-0.4, -0.2) is 23.8 Å². The summed E-state index contributed by atoms with van der Waals surface area (Å²) in [4.78, 5) is 0. The van der Waals surface area contributed by atoms with Gasteiger partial charge in [0, 0.05) is 12.1 Å². The molecule has 0 heterocycles. The minimum absolute atomic E-state index is 0.244. The summed E-state index contributed by atoms with van der Waals surface area (Å²) in [6.45, 7) is 6.75. The Kier molecular flexibility index (Phi) is 9.42. The van der Waals surface area contributed by atoms with Gasteiger partial charge in [-0.3, -0.25) is 0 Å². The molecule has 2 heteroatoms. The molecule has 2 nitrogen and oxygen atoms in total. The van der Waals surface area contributed by atoms with Crippen LogP contribution in [0, 0.1) is 0 Å². The summed E-state index contributed by atoms with van der Waals surface area (Å²) in [6.07, 6.45) is 7.61. The second-order valence-corrected chi connectivity index (χ2v) is 4.23. The van der Waals surface area contributed by atoms with Crippen molar-refractivity contribution in [3.05, 3.63) is 0 Å². The fourth-order valence-electron chi connectivity index (χ4n) is 1.67. The van der Waals surface area contributed by atoms with Crippen molar-refractivity contribution in [1.29, 1.82) is 0 Å². The van der Waals surface area contributed by atoms with E-state index in [1.165, 1.54) is 38.5 Å². The Labute approximate surface area is 89.1 Å². The fourth-order valence-corrected chi connectivity index (χ4v) is 1.67. The van der Waals surface area contributed by atoms with E-state index >= 15 is 0 Å². The predicted octanol–water partition coefficient (Wildman–Crippen LogP) is 2.71. The molecule has 0 saturated carbocycles. The minimum Gasteiger partial charge on any atom is -0.395 e. The Bertz CT molecular complexity index is 109. The Hall–Kier alpha value is -0.0800. The van der Waals surface area contributed by atoms with Crippen LogP contribution < -0.4 is 5.32 Å². The maximum absolute atomic E-state index is 8.97. The van der Waals surface area contributed by atoms with Crippen molar-refractivity contribution < 1.29 is 5.11 Å². The van der Waals surface area contributed by atoms with Crippen LogP contribution in [-0.2, 0) is 0 Å². The molecule has 0 aromatic carbocycles. The molecule has 0 bridgehead atoms. The summed E-state index contributed by atoms with van der Waals surface area (Å²) in [6, 6.07) is 0.853. The highest BCUT2D eigenvalue weighted by molar-refractivity contribution is 4.70. The lowest BCUT2D eigenvalue weighted by atomic mass is 10.0. The van der Waals surface area contributed by atoms with Crippen molar-refractivity contribution in [2.75, 3.05) is 6.61 Å². The molecule has 0 amide bonds. The smallest absolute Gasteiger partial charge is 0.0582 e. The van der Waals surface area contributed by atoms with Crippen molar-refractivity contribution in [2.45, 2.75) is 71.4 Å². The average molecular weight is 201 g/mol. The molecule has 1 unspecified atom stereocenters. The van der Waals surface area contributed by atoms with E-state index in [4.69, 9.17) is 5.11 Å². The summed E-state index contributed by atoms with van der Waals surface area (Å²) in [5, 5.41) is 12.5. The van der Waals surface area contributed by atoms with Crippen molar-refractivity contribution in [2.24, 2.45) is 0 Å². The molecule has 0 saturated heterocycles. The molecule has 0 aliphatic heterocycles. The van der Waals surface area contributed by atoms with Gasteiger partial charge in [0.15, 0.2) is 0 Å². The molecule has 1 atom stereocenters. The number of hydrogen-bond donors (Lipinski definition) is 2. The van der Waals surface area contributed by atoms with E-state index in [2.05, 4.69) is 19.2 Å². The number of aliphatic hydroxyl groups excluding tert-OH is 1. The molecule has 0 rings (SSSR count). The fraction of sp³-hybridized carbons (Fsp3) is 1.00. The van der Waals surface area contributed by atoms with Crippen LogP contribution in [0.2, 0.25) is 0 Å². The van der Waals surface area contributed by atoms with Gasteiger partial charge >= 0.3 is 0 Å². The van der Waals surface area contributed by atoms with E-state index in [-0.39, 0.29) is 12.6 Å². The lowest BCUT2D eigenvalue weighted by molar-refractivity contribution is 0.234. The van der Waals surface area contributed by atoms with Crippen molar-refractivity contribution in [3.63, 3.8) is 0 Å². The maximum atomic E-state index is 8.97. The van der Waals surface area contributed by atoms with Gasteiger partial charge in [0.25, 0.3) is 0 Å². The molecular formula is C12H27NO. The van der Waals surface area contributed by atoms with Gasteiger partial charge in [-0.05, 0) is 19.8 Å². The number of aliphatic hydroxyl groups is 1. The highest BCUT2D eigenvalue weighted by Crippen LogP contribution is 2.09. The normalized spacial score (nSPS) is 13.5. The standard InChI is InChI=1S/C12H27NO/c1-4-6-8-12(9-7-5-2)13-11(3)10-14/h11-14H,4-10H2,1-3H3. The van der Waals surface area contributed by atoms with E-state index in [9.17, 15) is 0 Å². The molecular weight excluding hydrogens is 174 g/mol. The molecule has 0 spiro atoms. The molecule has 0 fully saturated rings. The first-order valence-corrected chi connectivity index (χ1v) is 6.11. The van der Waals surface area contributed by atoms with E-state index in [1.807, 2.05) is 6.92 Å². The van der Waals surface area contributed by atoms with Crippen LogP contribution in [0.15, 0.2) is 0 Å². The number of hydrogen-bond acceptors (Lipinski definition) is 2. The van der Waals surface area contributed by atoms with Crippen LogP contribution in [0.25, 0.3) is 0 Å². The zero-order valence-electron chi connectivity index (χ0n) is 10.1. The zero-order chi connectivity index (χ0) is 10.8. The van der Waals surface area contributed by atoms with E-state index in [0.717, 1.165) is 0 Å². The largest absolute Gasteiger partial charge is 0.395 e. The Morgan fingerprint density at radius 2 is 1.57 bits per heavy atom. The minimum atomic E-state index is 0.244. The second kappa shape index (κ2) is 9.47. The molecule has 0 aliphatic rings. The molecule has 0 aromatic rings. The molecule has 0 aliphatic carbocycles. The topological polar surface area (TPSA) is 32.3 Å². The lowest BCUT2D eigenvalue weighted by Crippen LogP contribution is -2.38. The van der Waals surface area contributed by atoms with E-state index < -0.39 is 0 Å².